The van der Waals surface area contributed by atoms with Crippen molar-refractivity contribution in [1.29, 1.82) is 0 Å². The van der Waals surface area contributed by atoms with Gasteiger partial charge >= 0.3 is 0 Å². The SMILES string of the molecule is CC(COc1c2ccccc2c(O)c2cc(Sc3ccccc3)ccc12)OCC(C)OCC1CO1. The van der Waals surface area contributed by atoms with Crippen molar-refractivity contribution in [3.63, 3.8) is 0 Å². The van der Waals surface area contributed by atoms with E-state index in [-0.39, 0.29) is 24.1 Å². The van der Waals surface area contributed by atoms with E-state index in [9.17, 15) is 5.11 Å². The molecule has 1 aliphatic rings. The standard InChI is InChI=1S/C29H30O5S/c1-19(32-17-21-18-33-21)15-31-20(2)16-34-29-25-11-7-6-10-24(25)28(30)27-14-23(12-13-26(27)29)35-22-8-4-3-5-9-22/h3-14,19-21,30H,15-18H2,1-2H3. The molecule has 3 atom stereocenters. The fourth-order valence-electron chi connectivity index (χ4n) is 3.97. The molecule has 5 nitrogen and oxygen atoms in total. The highest BCUT2D eigenvalue weighted by Gasteiger charge is 2.23. The smallest absolute Gasteiger partial charge is 0.135 e. The molecule has 0 radical (unpaired) electrons. The van der Waals surface area contributed by atoms with Gasteiger partial charge in [-0.15, -0.1) is 0 Å². The largest absolute Gasteiger partial charge is 0.507 e. The molecule has 4 aromatic rings. The number of fused-ring (bicyclic) bond motifs is 2. The molecule has 0 aliphatic carbocycles. The summed E-state index contributed by atoms with van der Waals surface area (Å²) in [6.07, 6.45) is 0.132. The van der Waals surface area contributed by atoms with E-state index in [0.717, 1.165) is 43.7 Å². The van der Waals surface area contributed by atoms with E-state index < -0.39 is 0 Å². The average molecular weight is 491 g/mol. The second-order valence-corrected chi connectivity index (χ2v) is 10.0. The van der Waals surface area contributed by atoms with E-state index in [1.54, 1.807) is 11.8 Å². The molecule has 1 saturated heterocycles. The van der Waals surface area contributed by atoms with Gasteiger partial charge in [-0.25, -0.2) is 0 Å². The first-order chi connectivity index (χ1) is 17.1. The van der Waals surface area contributed by atoms with Gasteiger partial charge < -0.3 is 24.1 Å². The zero-order valence-corrected chi connectivity index (χ0v) is 20.8. The highest BCUT2D eigenvalue weighted by Crippen LogP contribution is 2.44. The van der Waals surface area contributed by atoms with E-state index in [2.05, 4.69) is 18.2 Å². The Balaban J connectivity index is 1.35. The monoisotopic (exact) mass is 490 g/mol. The second kappa shape index (κ2) is 10.9. The maximum Gasteiger partial charge on any atom is 0.135 e. The van der Waals surface area contributed by atoms with Crippen LogP contribution in [0.25, 0.3) is 21.5 Å². The van der Waals surface area contributed by atoms with Crippen molar-refractivity contribution >= 4 is 33.3 Å². The van der Waals surface area contributed by atoms with E-state index >= 15 is 0 Å². The lowest BCUT2D eigenvalue weighted by atomic mass is 10.0. The Labute approximate surface area is 210 Å². The molecule has 5 rings (SSSR count). The third kappa shape index (κ3) is 5.90. The van der Waals surface area contributed by atoms with Crippen LogP contribution in [0.1, 0.15) is 13.8 Å². The number of benzene rings is 4. The summed E-state index contributed by atoms with van der Waals surface area (Å²) in [6.45, 7) is 6.29. The van der Waals surface area contributed by atoms with Crippen molar-refractivity contribution in [1.82, 2.24) is 0 Å². The topological polar surface area (TPSA) is 60.5 Å². The Hall–Kier alpha value is -2.77. The predicted octanol–water partition coefficient (Wildman–Crippen LogP) is 6.44. The van der Waals surface area contributed by atoms with Gasteiger partial charge in [-0.05, 0) is 44.2 Å². The molecule has 35 heavy (non-hydrogen) atoms. The molecule has 0 amide bonds. The fourth-order valence-corrected chi connectivity index (χ4v) is 4.85. The van der Waals surface area contributed by atoms with Crippen molar-refractivity contribution in [2.24, 2.45) is 0 Å². The third-order valence-electron chi connectivity index (χ3n) is 5.94. The van der Waals surface area contributed by atoms with Gasteiger partial charge in [0.1, 0.15) is 24.2 Å². The molecule has 182 valence electrons. The van der Waals surface area contributed by atoms with Crippen LogP contribution >= 0.6 is 11.8 Å². The molecule has 0 bridgehead atoms. The highest BCUT2D eigenvalue weighted by atomic mass is 32.2. The van der Waals surface area contributed by atoms with Crippen LogP contribution < -0.4 is 4.74 Å². The van der Waals surface area contributed by atoms with Gasteiger partial charge in [0.2, 0.25) is 0 Å². The Morgan fingerprint density at radius 1 is 0.829 bits per heavy atom. The van der Waals surface area contributed by atoms with E-state index in [4.69, 9.17) is 18.9 Å². The quantitative estimate of drug-likeness (QED) is 0.193. The van der Waals surface area contributed by atoms with Gasteiger partial charge in [0.15, 0.2) is 0 Å². The van der Waals surface area contributed by atoms with Crippen LogP contribution in [0.5, 0.6) is 11.5 Å². The fraction of sp³-hybridized carbons (Fsp3) is 0.310. The number of hydrogen-bond donors (Lipinski definition) is 1. The molecular weight excluding hydrogens is 460 g/mol. The van der Waals surface area contributed by atoms with Crippen LogP contribution in [0.2, 0.25) is 0 Å². The molecular formula is C29H30O5S. The number of epoxide rings is 1. The third-order valence-corrected chi connectivity index (χ3v) is 6.94. The molecule has 1 heterocycles. The molecule has 1 aliphatic heterocycles. The maximum atomic E-state index is 11.1. The van der Waals surface area contributed by atoms with Crippen LogP contribution in [0.4, 0.5) is 0 Å². The van der Waals surface area contributed by atoms with Gasteiger partial charge in [0, 0.05) is 31.3 Å². The Morgan fingerprint density at radius 2 is 1.51 bits per heavy atom. The van der Waals surface area contributed by atoms with Crippen LogP contribution in [-0.4, -0.2) is 49.8 Å². The molecule has 1 fully saturated rings. The molecule has 0 spiro atoms. The summed E-state index contributed by atoms with van der Waals surface area (Å²) in [5.41, 5.74) is 0. The first-order valence-electron chi connectivity index (χ1n) is 12.0. The predicted molar refractivity (Wildman–Crippen MR) is 140 cm³/mol. The minimum absolute atomic E-state index is 0.00230. The molecule has 6 heteroatoms. The minimum atomic E-state index is -0.117. The summed E-state index contributed by atoms with van der Waals surface area (Å²) in [5.74, 6) is 1.03. The summed E-state index contributed by atoms with van der Waals surface area (Å²) < 4.78 is 23.2. The van der Waals surface area contributed by atoms with E-state index in [1.165, 1.54) is 0 Å². The lowest BCUT2D eigenvalue weighted by Crippen LogP contribution is -2.25. The molecule has 4 aromatic carbocycles. The van der Waals surface area contributed by atoms with Gasteiger partial charge in [0.05, 0.1) is 32.0 Å². The number of hydrogen-bond acceptors (Lipinski definition) is 6. The van der Waals surface area contributed by atoms with Crippen LogP contribution in [0.15, 0.2) is 82.6 Å². The number of phenols is 1. The zero-order chi connectivity index (χ0) is 24.2. The number of rotatable bonds is 11. The van der Waals surface area contributed by atoms with Gasteiger partial charge in [0.25, 0.3) is 0 Å². The van der Waals surface area contributed by atoms with Crippen LogP contribution in [0.3, 0.4) is 0 Å². The molecule has 0 saturated carbocycles. The minimum Gasteiger partial charge on any atom is -0.507 e. The Bertz CT molecular complexity index is 1290. The summed E-state index contributed by atoms with van der Waals surface area (Å²) in [4.78, 5) is 2.21. The first-order valence-corrected chi connectivity index (χ1v) is 12.8. The summed E-state index contributed by atoms with van der Waals surface area (Å²) in [7, 11) is 0. The van der Waals surface area contributed by atoms with Crippen molar-refractivity contribution < 1.29 is 24.1 Å². The van der Waals surface area contributed by atoms with Gasteiger partial charge in [-0.1, -0.05) is 54.2 Å². The lowest BCUT2D eigenvalue weighted by molar-refractivity contribution is -0.0449. The summed E-state index contributed by atoms with van der Waals surface area (Å²) in [5, 5.41) is 14.4. The second-order valence-electron chi connectivity index (χ2n) is 8.90. The normalized spacial score (nSPS) is 16.9. The Kier molecular flexibility index (Phi) is 7.44. The Morgan fingerprint density at radius 3 is 2.29 bits per heavy atom. The van der Waals surface area contributed by atoms with Crippen molar-refractivity contribution in [3.8, 4) is 11.5 Å². The molecule has 0 aromatic heterocycles. The molecule has 1 N–H and O–H groups in total. The number of ether oxygens (including phenoxy) is 4. The lowest BCUT2D eigenvalue weighted by Gasteiger charge is -2.20. The zero-order valence-electron chi connectivity index (χ0n) is 20.0. The van der Waals surface area contributed by atoms with Crippen molar-refractivity contribution in [3.05, 3.63) is 72.8 Å². The van der Waals surface area contributed by atoms with Crippen LogP contribution in [-0.2, 0) is 14.2 Å². The number of phenolic OH excluding ortho intramolecular Hbond substituents is 1. The van der Waals surface area contributed by atoms with E-state index in [1.807, 2.05) is 68.4 Å². The number of aromatic hydroxyl groups is 1. The maximum absolute atomic E-state index is 11.1. The van der Waals surface area contributed by atoms with Crippen molar-refractivity contribution in [2.75, 3.05) is 26.4 Å². The van der Waals surface area contributed by atoms with Gasteiger partial charge in [-0.3, -0.25) is 0 Å². The summed E-state index contributed by atoms with van der Waals surface area (Å²) >= 11 is 1.67. The van der Waals surface area contributed by atoms with Crippen LogP contribution in [0, 0.1) is 0 Å². The first kappa shape index (κ1) is 23.9. The van der Waals surface area contributed by atoms with Crippen molar-refractivity contribution in [2.45, 2.75) is 42.0 Å². The van der Waals surface area contributed by atoms with E-state index in [0.29, 0.717) is 19.8 Å². The molecule has 3 unspecified atom stereocenters. The van der Waals surface area contributed by atoms with Gasteiger partial charge in [-0.2, -0.15) is 0 Å². The highest BCUT2D eigenvalue weighted by molar-refractivity contribution is 7.99. The summed E-state index contributed by atoms with van der Waals surface area (Å²) in [6, 6.07) is 24.2. The average Bonchev–Trinajstić information content (AvgIpc) is 3.72.